The van der Waals surface area contributed by atoms with Crippen LogP contribution in [0.1, 0.15) is 17.5 Å². The highest BCUT2D eigenvalue weighted by molar-refractivity contribution is 7.89. The van der Waals surface area contributed by atoms with Gasteiger partial charge in [0.05, 0.1) is 4.90 Å². The van der Waals surface area contributed by atoms with Gasteiger partial charge in [0.1, 0.15) is 0 Å². The SMILES string of the molecule is Cc1ccc(CN)cc1S(=O)(=O)NCCCN(C)C. The predicted molar refractivity (Wildman–Crippen MR) is 77.4 cm³/mol. The molecule has 0 aliphatic heterocycles. The van der Waals surface area contributed by atoms with Crippen LogP contribution < -0.4 is 10.5 Å². The lowest BCUT2D eigenvalue weighted by molar-refractivity contribution is 0.400. The van der Waals surface area contributed by atoms with Crippen LogP contribution in [0.5, 0.6) is 0 Å². The quantitative estimate of drug-likeness (QED) is 0.723. The van der Waals surface area contributed by atoms with Gasteiger partial charge in [-0.2, -0.15) is 0 Å². The van der Waals surface area contributed by atoms with E-state index >= 15 is 0 Å². The Morgan fingerprint density at radius 3 is 2.58 bits per heavy atom. The molecule has 0 spiro atoms. The van der Waals surface area contributed by atoms with Crippen molar-refractivity contribution in [3.8, 4) is 0 Å². The van der Waals surface area contributed by atoms with E-state index in [0.29, 0.717) is 18.0 Å². The molecule has 19 heavy (non-hydrogen) atoms. The standard InChI is InChI=1S/C13H23N3O2S/c1-11-5-6-12(10-14)9-13(11)19(17,18)15-7-4-8-16(2)3/h5-6,9,15H,4,7-8,10,14H2,1-3H3. The van der Waals surface area contributed by atoms with Crippen LogP contribution in [0.3, 0.4) is 0 Å². The maximum Gasteiger partial charge on any atom is 0.240 e. The first-order valence-electron chi connectivity index (χ1n) is 6.31. The Labute approximate surface area is 115 Å². The van der Waals surface area contributed by atoms with Gasteiger partial charge in [0.15, 0.2) is 0 Å². The molecule has 1 aromatic carbocycles. The molecule has 5 nitrogen and oxygen atoms in total. The Kier molecular flexibility index (Phi) is 5.93. The van der Waals surface area contributed by atoms with Gasteiger partial charge >= 0.3 is 0 Å². The molecule has 0 fully saturated rings. The zero-order valence-electron chi connectivity index (χ0n) is 11.8. The van der Waals surface area contributed by atoms with E-state index in [1.165, 1.54) is 0 Å². The maximum atomic E-state index is 12.2. The second-order valence-electron chi connectivity index (χ2n) is 4.86. The Morgan fingerprint density at radius 1 is 1.32 bits per heavy atom. The molecule has 0 aliphatic rings. The summed E-state index contributed by atoms with van der Waals surface area (Å²) in [7, 11) is 0.478. The number of nitrogens with one attached hydrogen (secondary N) is 1. The van der Waals surface area contributed by atoms with E-state index in [2.05, 4.69) is 4.72 Å². The fourth-order valence-electron chi connectivity index (χ4n) is 1.74. The largest absolute Gasteiger partial charge is 0.326 e. The van der Waals surface area contributed by atoms with Crippen molar-refractivity contribution in [1.82, 2.24) is 9.62 Å². The molecule has 1 aromatic rings. The number of rotatable bonds is 7. The summed E-state index contributed by atoms with van der Waals surface area (Å²) in [5, 5.41) is 0. The maximum absolute atomic E-state index is 12.2. The minimum atomic E-state index is -3.45. The van der Waals surface area contributed by atoms with E-state index in [1.54, 1.807) is 19.1 Å². The molecule has 0 bridgehead atoms. The number of nitrogens with two attached hydrogens (primary N) is 1. The molecule has 3 N–H and O–H groups in total. The molecule has 0 saturated carbocycles. The summed E-state index contributed by atoms with van der Waals surface area (Å²) in [4.78, 5) is 2.34. The molecule has 0 aromatic heterocycles. The summed E-state index contributed by atoms with van der Waals surface area (Å²) < 4.78 is 27.0. The first-order valence-corrected chi connectivity index (χ1v) is 7.79. The molecular weight excluding hydrogens is 262 g/mol. The number of hydrogen-bond acceptors (Lipinski definition) is 4. The number of sulfonamides is 1. The van der Waals surface area contributed by atoms with Crippen LogP contribution >= 0.6 is 0 Å². The van der Waals surface area contributed by atoms with Gasteiger partial charge in [-0.1, -0.05) is 12.1 Å². The van der Waals surface area contributed by atoms with E-state index < -0.39 is 10.0 Å². The van der Waals surface area contributed by atoms with Crippen LogP contribution in [-0.4, -0.2) is 40.5 Å². The Balaban J connectivity index is 2.77. The van der Waals surface area contributed by atoms with Gasteiger partial charge in [0.2, 0.25) is 10.0 Å². The highest BCUT2D eigenvalue weighted by Gasteiger charge is 2.16. The smallest absolute Gasteiger partial charge is 0.240 e. The summed E-state index contributed by atoms with van der Waals surface area (Å²) in [5.74, 6) is 0. The molecule has 108 valence electrons. The molecular formula is C13H23N3O2S. The number of benzene rings is 1. The first kappa shape index (κ1) is 16.1. The Hall–Kier alpha value is -0.950. The summed E-state index contributed by atoms with van der Waals surface area (Å²) in [6.45, 7) is 3.41. The Morgan fingerprint density at radius 2 is 2.00 bits per heavy atom. The molecule has 6 heteroatoms. The topological polar surface area (TPSA) is 75.4 Å². The summed E-state index contributed by atoms with van der Waals surface area (Å²) >= 11 is 0. The van der Waals surface area contributed by atoms with Crippen molar-refractivity contribution in [3.05, 3.63) is 29.3 Å². The molecule has 0 heterocycles. The first-order chi connectivity index (χ1) is 8.86. The van der Waals surface area contributed by atoms with Crippen molar-refractivity contribution in [2.75, 3.05) is 27.2 Å². The van der Waals surface area contributed by atoms with E-state index in [0.717, 1.165) is 24.1 Å². The van der Waals surface area contributed by atoms with Crippen LogP contribution in [-0.2, 0) is 16.6 Å². The third-order valence-corrected chi connectivity index (χ3v) is 4.45. The lowest BCUT2D eigenvalue weighted by Crippen LogP contribution is -2.28. The molecule has 0 amide bonds. The van der Waals surface area contributed by atoms with Crippen molar-refractivity contribution >= 4 is 10.0 Å². The zero-order valence-corrected chi connectivity index (χ0v) is 12.6. The molecule has 0 atom stereocenters. The number of hydrogen-bond donors (Lipinski definition) is 2. The van der Waals surface area contributed by atoms with Gasteiger partial charge in [-0.25, -0.2) is 13.1 Å². The summed E-state index contributed by atoms with van der Waals surface area (Å²) in [5.41, 5.74) is 7.10. The number of nitrogens with zero attached hydrogens (tertiary/aromatic N) is 1. The molecule has 0 radical (unpaired) electrons. The fraction of sp³-hybridized carbons (Fsp3) is 0.538. The van der Waals surface area contributed by atoms with Gasteiger partial charge < -0.3 is 10.6 Å². The second-order valence-corrected chi connectivity index (χ2v) is 6.59. The van der Waals surface area contributed by atoms with Gasteiger partial charge in [0, 0.05) is 13.1 Å². The van der Waals surface area contributed by atoms with E-state index in [4.69, 9.17) is 5.73 Å². The highest BCUT2D eigenvalue weighted by Crippen LogP contribution is 2.16. The second kappa shape index (κ2) is 7.00. The van der Waals surface area contributed by atoms with Gasteiger partial charge in [-0.15, -0.1) is 0 Å². The molecule has 0 aliphatic carbocycles. The van der Waals surface area contributed by atoms with E-state index in [-0.39, 0.29) is 0 Å². The average Bonchev–Trinajstić information content (AvgIpc) is 2.35. The van der Waals surface area contributed by atoms with E-state index in [9.17, 15) is 8.42 Å². The monoisotopic (exact) mass is 285 g/mol. The summed E-state index contributed by atoms with van der Waals surface area (Å²) in [6, 6.07) is 5.28. The normalized spacial score (nSPS) is 12.1. The third-order valence-electron chi connectivity index (χ3n) is 2.85. The van der Waals surface area contributed by atoms with Crippen molar-refractivity contribution < 1.29 is 8.42 Å². The van der Waals surface area contributed by atoms with Gasteiger partial charge in [-0.3, -0.25) is 0 Å². The molecule has 0 saturated heterocycles. The minimum absolute atomic E-state index is 0.320. The predicted octanol–water partition coefficient (Wildman–Crippen LogP) is 0.684. The van der Waals surface area contributed by atoms with Crippen molar-refractivity contribution in [3.63, 3.8) is 0 Å². The zero-order chi connectivity index (χ0) is 14.5. The van der Waals surface area contributed by atoms with Crippen LogP contribution in [0.25, 0.3) is 0 Å². The van der Waals surface area contributed by atoms with Crippen LogP contribution in [0.15, 0.2) is 23.1 Å². The fourth-order valence-corrected chi connectivity index (χ4v) is 3.11. The average molecular weight is 285 g/mol. The number of aryl methyl sites for hydroxylation is 1. The molecule has 0 unspecified atom stereocenters. The third kappa shape index (κ3) is 4.91. The van der Waals surface area contributed by atoms with Crippen molar-refractivity contribution in [2.45, 2.75) is 24.8 Å². The van der Waals surface area contributed by atoms with Gasteiger partial charge in [0.25, 0.3) is 0 Å². The van der Waals surface area contributed by atoms with Gasteiger partial charge in [-0.05, 0) is 51.2 Å². The van der Waals surface area contributed by atoms with Crippen LogP contribution in [0, 0.1) is 6.92 Å². The van der Waals surface area contributed by atoms with Crippen LogP contribution in [0.4, 0.5) is 0 Å². The van der Waals surface area contributed by atoms with Crippen molar-refractivity contribution in [1.29, 1.82) is 0 Å². The van der Waals surface area contributed by atoms with E-state index in [1.807, 2.05) is 25.1 Å². The lowest BCUT2D eigenvalue weighted by atomic mass is 10.1. The molecule has 1 rings (SSSR count). The van der Waals surface area contributed by atoms with Crippen molar-refractivity contribution in [2.24, 2.45) is 5.73 Å². The highest BCUT2D eigenvalue weighted by atomic mass is 32.2. The Bertz CT molecular complexity index is 513. The van der Waals surface area contributed by atoms with Crippen LogP contribution in [0.2, 0.25) is 0 Å². The lowest BCUT2D eigenvalue weighted by Gasteiger charge is -2.12. The summed E-state index contributed by atoms with van der Waals surface area (Å²) in [6.07, 6.45) is 0.780. The minimum Gasteiger partial charge on any atom is -0.326 e.